The molecule has 0 aromatic heterocycles. The van der Waals surface area contributed by atoms with Gasteiger partial charge < -0.3 is 29.4 Å². The zero-order valence-electron chi connectivity index (χ0n) is 23.8. The number of nitrogens with two attached hydrogens (primary N) is 1. The fourth-order valence-electron chi connectivity index (χ4n) is 2.76. The van der Waals surface area contributed by atoms with Crippen molar-refractivity contribution in [3.05, 3.63) is 0 Å². The number of esters is 4. The molecule has 5 atom stereocenters. The largest absolute Gasteiger partial charge is 0.462 e. The topological polar surface area (TPSA) is 140 Å². The Bertz CT molecular complexity index is 824. The molecule has 0 spiro atoms. The predicted molar refractivity (Wildman–Crippen MR) is 131 cm³/mol. The Labute approximate surface area is 214 Å². The van der Waals surface area contributed by atoms with Gasteiger partial charge in [0.1, 0.15) is 18.9 Å². The van der Waals surface area contributed by atoms with Crippen molar-refractivity contribution >= 4 is 23.9 Å². The van der Waals surface area contributed by atoms with Gasteiger partial charge in [-0.2, -0.15) is 0 Å². The van der Waals surface area contributed by atoms with Crippen molar-refractivity contribution in [1.29, 1.82) is 0 Å². The first-order chi connectivity index (χ1) is 16.0. The summed E-state index contributed by atoms with van der Waals surface area (Å²) in [5.74, 6) is -2.36. The second-order valence-electron chi connectivity index (χ2n) is 13.3. The summed E-state index contributed by atoms with van der Waals surface area (Å²) in [6.45, 7) is 19.7. The number of carbonyl (C=O) groups is 4. The number of hydrogen-bond acceptors (Lipinski definition) is 10. The molecule has 0 unspecified atom stereocenters. The van der Waals surface area contributed by atoms with Crippen LogP contribution in [0, 0.1) is 21.7 Å². The molecule has 0 aromatic rings. The van der Waals surface area contributed by atoms with E-state index < -0.39 is 76.2 Å². The molecule has 1 aliphatic heterocycles. The highest BCUT2D eigenvalue weighted by Gasteiger charge is 2.53. The van der Waals surface area contributed by atoms with Gasteiger partial charge in [0.25, 0.3) is 0 Å². The summed E-state index contributed by atoms with van der Waals surface area (Å²) in [6, 6.07) is 0. The second kappa shape index (κ2) is 11.0. The predicted octanol–water partition coefficient (Wildman–Crippen LogP) is 3.13. The third-order valence-corrected chi connectivity index (χ3v) is 5.23. The molecule has 1 saturated heterocycles. The zero-order chi connectivity index (χ0) is 28.4. The minimum absolute atomic E-state index is 0.324. The van der Waals surface area contributed by atoms with Crippen molar-refractivity contribution in [2.75, 3.05) is 6.61 Å². The lowest BCUT2D eigenvalue weighted by molar-refractivity contribution is -0.259. The molecule has 1 heterocycles. The number of hydrogen-bond donors (Lipinski definition) is 1. The Balaban J connectivity index is 3.50. The van der Waals surface area contributed by atoms with Crippen LogP contribution in [0.1, 0.15) is 83.1 Å². The summed E-state index contributed by atoms with van der Waals surface area (Å²) in [6.07, 6.45) is -6.20. The van der Waals surface area contributed by atoms with E-state index >= 15 is 0 Å². The van der Waals surface area contributed by atoms with Gasteiger partial charge in [-0.3, -0.25) is 19.2 Å². The van der Waals surface area contributed by atoms with Gasteiger partial charge in [-0.1, -0.05) is 0 Å². The van der Waals surface area contributed by atoms with Crippen LogP contribution >= 0.6 is 0 Å². The van der Waals surface area contributed by atoms with E-state index in [1.807, 2.05) is 0 Å². The van der Waals surface area contributed by atoms with Gasteiger partial charge in [0.2, 0.25) is 0 Å². The fourth-order valence-corrected chi connectivity index (χ4v) is 2.76. The maximum atomic E-state index is 12.9. The molecule has 0 amide bonds. The average molecular weight is 516 g/mol. The summed E-state index contributed by atoms with van der Waals surface area (Å²) in [5, 5.41) is 0. The van der Waals surface area contributed by atoms with Gasteiger partial charge in [-0.25, -0.2) is 0 Å². The van der Waals surface area contributed by atoms with Gasteiger partial charge in [0.05, 0.1) is 21.7 Å². The molecule has 10 nitrogen and oxygen atoms in total. The van der Waals surface area contributed by atoms with Crippen LogP contribution in [0.5, 0.6) is 0 Å². The molecule has 0 aromatic carbocycles. The van der Waals surface area contributed by atoms with Crippen molar-refractivity contribution in [2.45, 2.75) is 114 Å². The van der Waals surface area contributed by atoms with Crippen LogP contribution in [0.25, 0.3) is 0 Å². The molecular weight excluding hydrogens is 470 g/mol. The molecule has 2 N–H and O–H groups in total. The molecule has 10 heteroatoms. The van der Waals surface area contributed by atoms with Crippen LogP contribution in [0.15, 0.2) is 0 Å². The van der Waals surface area contributed by atoms with E-state index in [4.69, 9.17) is 29.4 Å². The van der Waals surface area contributed by atoms with Crippen LogP contribution in [0.4, 0.5) is 0 Å². The molecule has 0 saturated carbocycles. The minimum atomic E-state index is -1.31. The molecule has 1 aliphatic rings. The third-order valence-electron chi connectivity index (χ3n) is 5.23. The van der Waals surface area contributed by atoms with Crippen LogP contribution in [-0.2, 0) is 42.9 Å². The average Bonchev–Trinajstić information content (AvgIpc) is 2.67. The van der Waals surface area contributed by atoms with Gasteiger partial charge >= 0.3 is 23.9 Å². The van der Waals surface area contributed by atoms with E-state index in [1.54, 1.807) is 83.1 Å². The first-order valence-electron chi connectivity index (χ1n) is 12.2. The Morgan fingerprint density at radius 1 is 0.583 bits per heavy atom. The third kappa shape index (κ3) is 8.73. The van der Waals surface area contributed by atoms with E-state index in [2.05, 4.69) is 0 Å². The first-order valence-corrected chi connectivity index (χ1v) is 12.2. The molecule has 0 bridgehead atoms. The van der Waals surface area contributed by atoms with Gasteiger partial charge in [0.15, 0.2) is 18.3 Å². The highest BCUT2D eigenvalue weighted by Crippen LogP contribution is 2.32. The summed E-state index contributed by atoms with van der Waals surface area (Å²) in [7, 11) is 0. The SMILES string of the molecule is CC(C)(C)C(=O)OC[C@H]1O[C@H](N)[C@H](OC(=O)C(C)(C)C)[C@@H](OC(=O)C(C)(C)C)[C@@H]1OC(=O)C(C)(C)C. The van der Waals surface area contributed by atoms with Crippen LogP contribution in [0.2, 0.25) is 0 Å². The molecule has 208 valence electrons. The standard InChI is InChI=1S/C26H45NO9/c1-23(2,3)19(28)32-13-14-15(34-20(29)24(4,5)6)16(35-21(30)25(7,8)9)17(18(27)33-14)36-22(31)26(10,11)12/h14-18H,13,27H2,1-12H3/t14-,15-,16+,17-,18+/m1/s1. The van der Waals surface area contributed by atoms with E-state index in [1.165, 1.54) is 0 Å². The molecule has 0 radical (unpaired) electrons. The van der Waals surface area contributed by atoms with E-state index in [9.17, 15) is 19.2 Å². The molecule has 1 rings (SSSR count). The van der Waals surface area contributed by atoms with E-state index in [-0.39, 0.29) is 6.61 Å². The molecular formula is C26H45NO9. The monoisotopic (exact) mass is 515 g/mol. The van der Waals surface area contributed by atoms with Gasteiger partial charge in [0, 0.05) is 0 Å². The van der Waals surface area contributed by atoms with Crippen LogP contribution in [-0.4, -0.2) is 61.1 Å². The molecule has 1 fully saturated rings. The van der Waals surface area contributed by atoms with Crippen molar-refractivity contribution in [3.63, 3.8) is 0 Å². The molecule has 36 heavy (non-hydrogen) atoms. The van der Waals surface area contributed by atoms with Crippen molar-refractivity contribution in [2.24, 2.45) is 27.4 Å². The smallest absolute Gasteiger partial charge is 0.311 e. The second-order valence-corrected chi connectivity index (χ2v) is 13.3. The van der Waals surface area contributed by atoms with Crippen molar-refractivity contribution in [1.82, 2.24) is 0 Å². The number of carbonyl (C=O) groups excluding carboxylic acids is 4. The maximum Gasteiger partial charge on any atom is 0.311 e. The summed E-state index contributed by atoms with van der Waals surface area (Å²) < 4.78 is 28.5. The number of ether oxygens (including phenoxy) is 5. The zero-order valence-corrected chi connectivity index (χ0v) is 23.8. The first kappa shape index (κ1) is 31.8. The Kier molecular flexibility index (Phi) is 9.77. The normalized spacial score (nSPS) is 25.5. The van der Waals surface area contributed by atoms with Gasteiger partial charge in [-0.15, -0.1) is 0 Å². The van der Waals surface area contributed by atoms with Crippen LogP contribution < -0.4 is 5.73 Å². The number of rotatable bonds is 5. The lowest BCUT2D eigenvalue weighted by Crippen LogP contribution is -2.65. The summed E-state index contributed by atoms with van der Waals surface area (Å²) in [5.41, 5.74) is 2.71. The highest BCUT2D eigenvalue weighted by molar-refractivity contribution is 5.78. The summed E-state index contributed by atoms with van der Waals surface area (Å²) in [4.78, 5) is 51.0. The van der Waals surface area contributed by atoms with E-state index in [0.717, 1.165) is 0 Å². The highest BCUT2D eigenvalue weighted by atomic mass is 16.7. The maximum absolute atomic E-state index is 12.9. The summed E-state index contributed by atoms with van der Waals surface area (Å²) >= 11 is 0. The van der Waals surface area contributed by atoms with Crippen molar-refractivity contribution in [3.8, 4) is 0 Å². The van der Waals surface area contributed by atoms with Crippen molar-refractivity contribution < 1.29 is 42.9 Å². The Hall–Kier alpha value is -2.20. The lowest BCUT2D eigenvalue weighted by atomic mass is 9.92. The Morgan fingerprint density at radius 3 is 1.28 bits per heavy atom. The lowest BCUT2D eigenvalue weighted by Gasteiger charge is -2.45. The van der Waals surface area contributed by atoms with E-state index in [0.29, 0.717) is 0 Å². The minimum Gasteiger partial charge on any atom is -0.462 e. The quantitative estimate of drug-likeness (QED) is 0.429. The van der Waals surface area contributed by atoms with Crippen LogP contribution in [0.3, 0.4) is 0 Å². The fraction of sp³-hybridized carbons (Fsp3) is 0.846. The van der Waals surface area contributed by atoms with Gasteiger partial charge in [-0.05, 0) is 83.1 Å². The molecule has 0 aliphatic carbocycles. The Morgan fingerprint density at radius 2 is 0.917 bits per heavy atom.